The summed E-state index contributed by atoms with van der Waals surface area (Å²) >= 11 is 3.51. The van der Waals surface area contributed by atoms with E-state index in [2.05, 4.69) is 69.0 Å². The second-order valence-corrected chi connectivity index (χ2v) is 6.23. The van der Waals surface area contributed by atoms with E-state index in [0.717, 1.165) is 36.5 Å². The molecule has 0 bridgehead atoms. The lowest BCUT2D eigenvalue weighted by atomic mass is 10.4. The van der Waals surface area contributed by atoms with Crippen LogP contribution in [0.15, 0.2) is 21.7 Å². The van der Waals surface area contributed by atoms with E-state index >= 15 is 0 Å². The molecule has 24 heavy (non-hydrogen) atoms. The molecule has 0 atom stereocenters. The van der Waals surface area contributed by atoms with E-state index < -0.39 is 0 Å². The number of hydrogen-bond donors (Lipinski definition) is 1. The van der Waals surface area contributed by atoms with Gasteiger partial charge in [-0.15, -0.1) is 24.0 Å². The molecule has 0 spiro atoms. The molecule has 0 fully saturated rings. The van der Waals surface area contributed by atoms with Crippen LogP contribution in [-0.2, 0) is 23.1 Å². The fourth-order valence-corrected chi connectivity index (χ4v) is 2.68. The summed E-state index contributed by atoms with van der Waals surface area (Å²) < 4.78 is 13.6. The zero-order valence-corrected chi connectivity index (χ0v) is 19.0. The second kappa shape index (κ2) is 13.9. The van der Waals surface area contributed by atoms with Crippen LogP contribution in [0.1, 0.15) is 19.0 Å². The first-order chi connectivity index (χ1) is 11.1. The van der Waals surface area contributed by atoms with Crippen LogP contribution in [-0.4, -0.2) is 62.5 Å². The van der Waals surface area contributed by atoms with Crippen LogP contribution < -0.4 is 5.32 Å². The molecule has 6 nitrogen and oxygen atoms in total. The van der Waals surface area contributed by atoms with Gasteiger partial charge in [0, 0.05) is 57.3 Å². The van der Waals surface area contributed by atoms with Crippen molar-refractivity contribution in [1.82, 2.24) is 14.8 Å². The van der Waals surface area contributed by atoms with E-state index in [-0.39, 0.29) is 24.0 Å². The Morgan fingerprint density at radius 3 is 2.71 bits per heavy atom. The number of hydrogen-bond acceptors (Lipinski definition) is 3. The van der Waals surface area contributed by atoms with Crippen molar-refractivity contribution in [3.8, 4) is 0 Å². The fraction of sp³-hybridized carbons (Fsp3) is 0.688. The summed E-state index contributed by atoms with van der Waals surface area (Å²) in [5.74, 6) is 0.918. The van der Waals surface area contributed by atoms with E-state index in [1.54, 1.807) is 7.11 Å². The van der Waals surface area contributed by atoms with Gasteiger partial charge in [-0.3, -0.25) is 4.99 Å². The maximum absolute atomic E-state index is 5.45. The third-order valence-electron chi connectivity index (χ3n) is 3.31. The number of rotatable bonds is 10. The highest BCUT2D eigenvalue weighted by atomic mass is 127. The lowest BCUT2D eigenvalue weighted by Crippen LogP contribution is -2.39. The third-order valence-corrected chi connectivity index (χ3v) is 3.74. The summed E-state index contributed by atoms with van der Waals surface area (Å²) in [6.45, 7) is 6.47. The Morgan fingerprint density at radius 1 is 1.38 bits per heavy atom. The van der Waals surface area contributed by atoms with Crippen LogP contribution in [0.25, 0.3) is 0 Å². The van der Waals surface area contributed by atoms with Crippen LogP contribution in [0.3, 0.4) is 0 Å². The van der Waals surface area contributed by atoms with Crippen molar-refractivity contribution in [2.75, 3.05) is 47.1 Å². The molecule has 0 amide bonds. The Morgan fingerprint density at radius 2 is 2.12 bits per heavy atom. The number of guanidine groups is 1. The van der Waals surface area contributed by atoms with Crippen molar-refractivity contribution >= 4 is 45.9 Å². The molecule has 0 aliphatic carbocycles. The van der Waals surface area contributed by atoms with Gasteiger partial charge in [-0.1, -0.05) is 0 Å². The van der Waals surface area contributed by atoms with Gasteiger partial charge in [-0.25, -0.2) is 0 Å². The number of methoxy groups -OCH3 is 1. The Bertz CT molecular complexity index is 483. The van der Waals surface area contributed by atoms with Crippen LogP contribution >= 0.6 is 39.9 Å². The zero-order chi connectivity index (χ0) is 17.1. The van der Waals surface area contributed by atoms with Crippen molar-refractivity contribution in [2.45, 2.75) is 19.9 Å². The van der Waals surface area contributed by atoms with Crippen LogP contribution in [0.5, 0.6) is 0 Å². The highest BCUT2D eigenvalue weighted by Gasteiger charge is 2.09. The van der Waals surface area contributed by atoms with Gasteiger partial charge in [-0.05, 0) is 35.3 Å². The summed E-state index contributed by atoms with van der Waals surface area (Å²) in [5.41, 5.74) is 1.23. The molecule has 1 rings (SSSR count). The van der Waals surface area contributed by atoms with E-state index in [1.165, 1.54) is 5.69 Å². The predicted molar refractivity (Wildman–Crippen MR) is 113 cm³/mol. The number of aryl methyl sites for hydroxylation is 1. The van der Waals surface area contributed by atoms with Gasteiger partial charge in [0.15, 0.2) is 5.96 Å². The average Bonchev–Trinajstić information content (AvgIpc) is 2.82. The molecule has 0 saturated carbocycles. The fourth-order valence-electron chi connectivity index (χ4n) is 2.11. The Hall–Kier alpha value is -0.320. The highest BCUT2D eigenvalue weighted by molar-refractivity contribution is 14.0. The topological polar surface area (TPSA) is 51.0 Å². The lowest BCUT2D eigenvalue weighted by molar-refractivity contribution is 0.0702. The van der Waals surface area contributed by atoms with Gasteiger partial charge in [0.05, 0.1) is 19.8 Å². The molecule has 1 aromatic rings. The van der Waals surface area contributed by atoms with Gasteiger partial charge in [0.2, 0.25) is 0 Å². The molecule has 140 valence electrons. The highest BCUT2D eigenvalue weighted by Crippen LogP contribution is 2.14. The number of aliphatic imine (C=N–C) groups is 1. The van der Waals surface area contributed by atoms with Gasteiger partial charge >= 0.3 is 0 Å². The van der Waals surface area contributed by atoms with Gasteiger partial charge in [0.25, 0.3) is 0 Å². The van der Waals surface area contributed by atoms with E-state index in [9.17, 15) is 0 Å². The molecule has 0 unspecified atom stereocenters. The minimum absolute atomic E-state index is 0. The van der Waals surface area contributed by atoms with Gasteiger partial charge in [0.1, 0.15) is 0 Å². The maximum atomic E-state index is 5.45. The van der Waals surface area contributed by atoms with E-state index in [1.807, 2.05) is 0 Å². The first kappa shape index (κ1) is 23.7. The molecule has 8 heteroatoms. The van der Waals surface area contributed by atoms with Gasteiger partial charge in [-0.2, -0.15) is 0 Å². The van der Waals surface area contributed by atoms with Crippen molar-refractivity contribution in [1.29, 1.82) is 0 Å². The molecule has 1 heterocycles. The standard InChI is InChI=1S/C16H29BrN4O2.HI/c1-5-18-16(19-7-6-8-23-10-9-22-4)21(3)13-15-11-14(17)12-20(15)2;/h11-12H,5-10,13H2,1-4H3,(H,18,19);1H. The second-order valence-electron chi connectivity index (χ2n) is 5.31. The van der Waals surface area contributed by atoms with Crippen molar-refractivity contribution in [2.24, 2.45) is 12.0 Å². The Balaban J connectivity index is 0.00000529. The molecule has 0 saturated heterocycles. The number of ether oxygens (including phenoxy) is 2. The maximum Gasteiger partial charge on any atom is 0.194 e. The minimum atomic E-state index is 0. The van der Waals surface area contributed by atoms with E-state index in [0.29, 0.717) is 19.8 Å². The minimum Gasteiger partial charge on any atom is -0.382 e. The summed E-state index contributed by atoms with van der Waals surface area (Å²) in [6.07, 6.45) is 2.97. The van der Waals surface area contributed by atoms with Crippen LogP contribution in [0.4, 0.5) is 0 Å². The number of nitrogens with zero attached hydrogens (tertiary/aromatic N) is 3. The molecule has 0 aliphatic heterocycles. The normalized spacial score (nSPS) is 11.3. The van der Waals surface area contributed by atoms with Crippen molar-refractivity contribution < 1.29 is 9.47 Å². The summed E-state index contributed by atoms with van der Waals surface area (Å²) in [5, 5.41) is 3.33. The third kappa shape index (κ3) is 9.24. The first-order valence-electron chi connectivity index (χ1n) is 7.95. The average molecular weight is 517 g/mol. The number of aromatic nitrogens is 1. The van der Waals surface area contributed by atoms with Crippen LogP contribution in [0, 0.1) is 0 Å². The Kier molecular flexibility index (Phi) is 13.7. The van der Waals surface area contributed by atoms with E-state index in [4.69, 9.17) is 9.47 Å². The largest absolute Gasteiger partial charge is 0.382 e. The SMILES string of the molecule is CCNC(=NCCCOCCOC)N(C)Cc1cc(Br)cn1C.I. The number of halogens is 2. The zero-order valence-electron chi connectivity index (χ0n) is 15.0. The van der Waals surface area contributed by atoms with Crippen molar-refractivity contribution in [3.05, 3.63) is 22.4 Å². The molecule has 0 aliphatic rings. The molecular weight excluding hydrogens is 487 g/mol. The molecule has 0 radical (unpaired) electrons. The molecule has 1 aromatic heterocycles. The monoisotopic (exact) mass is 516 g/mol. The lowest BCUT2D eigenvalue weighted by Gasteiger charge is -2.22. The van der Waals surface area contributed by atoms with Crippen LogP contribution in [0.2, 0.25) is 0 Å². The van der Waals surface area contributed by atoms with Gasteiger partial charge < -0.3 is 24.3 Å². The summed E-state index contributed by atoms with van der Waals surface area (Å²) in [6, 6.07) is 2.13. The number of nitrogens with one attached hydrogen (secondary N) is 1. The quantitative estimate of drug-likeness (QED) is 0.225. The molecule has 1 N–H and O–H groups in total. The summed E-state index contributed by atoms with van der Waals surface area (Å²) in [4.78, 5) is 6.80. The van der Waals surface area contributed by atoms with Crippen molar-refractivity contribution in [3.63, 3.8) is 0 Å². The smallest absolute Gasteiger partial charge is 0.194 e. The molecule has 0 aromatic carbocycles. The molecular formula is C16H30BrIN4O2. The predicted octanol–water partition coefficient (Wildman–Crippen LogP) is 2.86. The Labute approximate surface area is 171 Å². The first-order valence-corrected chi connectivity index (χ1v) is 8.74. The summed E-state index contributed by atoms with van der Waals surface area (Å²) in [7, 11) is 5.78.